The SMILES string of the molecule is COC(=O)[C@H]1OC(=O)N(c2ccccc2)[C@@H]1c1ccc(OC)cc1OCc1ccccc1. The maximum atomic E-state index is 12.8. The van der Waals surface area contributed by atoms with E-state index in [9.17, 15) is 9.59 Å². The molecule has 0 bridgehead atoms. The van der Waals surface area contributed by atoms with Gasteiger partial charge in [0.25, 0.3) is 0 Å². The van der Waals surface area contributed by atoms with E-state index in [1.807, 2.05) is 48.5 Å². The van der Waals surface area contributed by atoms with Crippen LogP contribution in [0.4, 0.5) is 10.5 Å². The van der Waals surface area contributed by atoms with Crippen LogP contribution in [0.1, 0.15) is 17.2 Å². The van der Waals surface area contributed by atoms with Crippen LogP contribution >= 0.6 is 0 Å². The molecule has 7 heteroatoms. The van der Waals surface area contributed by atoms with Crippen molar-refractivity contribution < 1.29 is 28.5 Å². The lowest BCUT2D eigenvalue weighted by Crippen LogP contribution is -2.33. The van der Waals surface area contributed by atoms with Crippen LogP contribution in [0.2, 0.25) is 0 Å². The zero-order valence-electron chi connectivity index (χ0n) is 17.8. The highest BCUT2D eigenvalue weighted by molar-refractivity contribution is 5.96. The normalized spacial score (nSPS) is 17.6. The molecule has 3 aromatic carbocycles. The first-order valence-corrected chi connectivity index (χ1v) is 10.1. The minimum atomic E-state index is -1.15. The largest absolute Gasteiger partial charge is 0.497 e. The fraction of sp³-hybridized carbons (Fsp3) is 0.200. The fourth-order valence-corrected chi connectivity index (χ4v) is 3.68. The summed E-state index contributed by atoms with van der Waals surface area (Å²) in [4.78, 5) is 26.8. The number of hydrogen-bond donors (Lipinski definition) is 0. The summed E-state index contributed by atoms with van der Waals surface area (Å²) in [6.45, 7) is 0.302. The lowest BCUT2D eigenvalue weighted by Gasteiger charge is -2.26. The van der Waals surface area contributed by atoms with Crippen molar-refractivity contribution in [1.29, 1.82) is 0 Å². The Hall–Kier alpha value is -4.00. The molecule has 1 saturated heterocycles. The van der Waals surface area contributed by atoms with E-state index < -0.39 is 24.2 Å². The van der Waals surface area contributed by atoms with Crippen molar-refractivity contribution in [2.24, 2.45) is 0 Å². The zero-order valence-corrected chi connectivity index (χ0v) is 17.8. The third-order valence-corrected chi connectivity index (χ3v) is 5.23. The van der Waals surface area contributed by atoms with Crippen LogP contribution in [0.3, 0.4) is 0 Å². The van der Waals surface area contributed by atoms with E-state index in [4.69, 9.17) is 18.9 Å². The first kappa shape index (κ1) is 21.2. The minimum absolute atomic E-state index is 0.302. The topological polar surface area (TPSA) is 74.3 Å². The molecule has 1 amide bonds. The molecule has 1 fully saturated rings. The summed E-state index contributed by atoms with van der Waals surface area (Å²) in [6, 6.07) is 23.2. The van der Waals surface area contributed by atoms with E-state index in [0.29, 0.717) is 29.4 Å². The number of cyclic esters (lactones) is 1. The number of benzene rings is 3. The molecule has 4 rings (SSSR count). The summed E-state index contributed by atoms with van der Waals surface area (Å²) in [5.41, 5.74) is 2.18. The molecule has 0 aliphatic carbocycles. The number of methoxy groups -OCH3 is 2. The molecule has 0 N–H and O–H groups in total. The molecule has 1 aliphatic heterocycles. The van der Waals surface area contributed by atoms with Crippen molar-refractivity contribution in [2.45, 2.75) is 18.8 Å². The standard InChI is InChI=1S/C25H23NO6/c1-29-19-13-14-20(21(15-19)31-16-17-9-5-3-6-10-17)22-23(24(27)30-2)32-25(28)26(22)18-11-7-4-8-12-18/h3-15,22-23H,16H2,1-2H3/t22-,23+/m1/s1. The van der Waals surface area contributed by atoms with Gasteiger partial charge in [0.1, 0.15) is 24.1 Å². The molecule has 0 aromatic heterocycles. The molecule has 2 atom stereocenters. The van der Waals surface area contributed by atoms with Gasteiger partial charge >= 0.3 is 12.1 Å². The highest BCUT2D eigenvalue weighted by Crippen LogP contribution is 2.42. The lowest BCUT2D eigenvalue weighted by atomic mass is 9.98. The number of rotatable bonds is 7. The third kappa shape index (κ3) is 4.23. The predicted molar refractivity (Wildman–Crippen MR) is 118 cm³/mol. The highest BCUT2D eigenvalue weighted by Gasteiger charge is 2.49. The maximum Gasteiger partial charge on any atom is 0.415 e. The first-order valence-electron chi connectivity index (χ1n) is 10.1. The Morgan fingerprint density at radius 2 is 1.66 bits per heavy atom. The van der Waals surface area contributed by atoms with Crippen molar-refractivity contribution in [1.82, 2.24) is 0 Å². The van der Waals surface area contributed by atoms with E-state index in [-0.39, 0.29) is 0 Å². The second-order valence-electron chi connectivity index (χ2n) is 7.16. The van der Waals surface area contributed by atoms with Crippen LogP contribution in [0, 0.1) is 0 Å². The van der Waals surface area contributed by atoms with E-state index >= 15 is 0 Å². The quantitative estimate of drug-likeness (QED) is 0.511. The molecule has 0 spiro atoms. The summed E-state index contributed by atoms with van der Waals surface area (Å²) >= 11 is 0. The number of para-hydroxylation sites is 1. The van der Waals surface area contributed by atoms with Crippen LogP contribution in [-0.4, -0.2) is 32.4 Å². The van der Waals surface area contributed by atoms with Gasteiger partial charge < -0.3 is 18.9 Å². The molecule has 0 radical (unpaired) electrons. The van der Waals surface area contributed by atoms with E-state index in [0.717, 1.165) is 5.56 Å². The maximum absolute atomic E-state index is 12.8. The second-order valence-corrected chi connectivity index (χ2v) is 7.16. The second kappa shape index (κ2) is 9.43. The predicted octanol–water partition coefficient (Wildman–Crippen LogP) is 4.51. The zero-order chi connectivity index (χ0) is 22.5. The molecule has 3 aromatic rings. The average Bonchev–Trinajstić information content (AvgIpc) is 3.20. The van der Waals surface area contributed by atoms with E-state index in [1.165, 1.54) is 12.0 Å². The molecular formula is C25H23NO6. The van der Waals surface area contributed by atoms with Gasteiger partial charge in [0.2, 0.25) is 6.10 Å². The van der Waals surface area contributed by atoms with Gasteiger partial charge in [-0.15, -0.1) is 0 Å². The Balaban J connectivity index is 1.78. The Kier molecular flexibility index (Phi) is 6.26. The van der Waals surface area contributed by atoms with Crippen molar-refractivity contribution in [3.05, 3.63) is 90.0 Å². The molecule has 0 saturated carbocycles. The number of anilines is 1. The smallest absolute Gasteiger partial charge is 0.415 e. The van der Waals surface area contributed by atoms with Crippen LogP contribution in [0.5, 0.6) is 11.5 Å². The molecule has 0 unspecified atom stereocenters. The van der Waals surface area contributed by atoms with Crippen LogP contribution in [0.15, 0.2) is 78.9 Å². The Morgan fingerprint density at radius 1 is 0.969 bits per heavy atom. The van der Waals surface area contributed by atoms with Gasteiger partial charge in [0, 0.05) is 17.3 Å². The summed E-state index contributed by atoms with van der Waals surface area (Å²) in [5.74, 6) is 0.417. The number of hydrogen-bond acceptors (Lipinski definition) is 6. The van der Waals surface area contributed by atoms with Crippen LogP contribution < -0.4 is 14.4 Å². The lowest BCUT2D eigenvalue weighted by molar-refractivity contribution is -0.149. The van der Waals surface area contributed by atoms with Crippen molar-refractivity contribution in [3.63, 3.8) is 0 Å². The van der Waals surface area contributed by atoms with Crippen molar-refractivity contribution in [3.8, 4) is 11.5 Å². The van der Waals surface area contributed by atoms with Gasteiger partial charge in [-0.1, -0.05) is 48.5 Å². The van der Waals surface area contributed by atoms with Gasteiger partial charge in [0.15, 0.2) is 0 Å². The van der Waals surface area contributed by atoms with Crippen LogP contribution in [-0.2, 0) is 20.9 Å². The molecule has 7 nitrogen and oxygen atoms in total. The number of esters is 1. The van der Waals surface area contributed by atoms with E-state index in [2.05, 4.69) is 0 Å². The summed E-state index contributed by atoms with van der Waals surface area (Å²) in [5, 5.41) is 0. The molecule has 1 heterocycles. The number of carbonyl (C=O) groups is 2. The van der Waals surface area contributed by atoms with Crippen molar-refractivity contribution in [2.75, 3.05) is 19.1 Å². The van der Waals surface area contributed by atoms with Crippen LogP contribution in [0.25, 0.3) is 0 Å². The first-order chi connectivity index (χ1) is 15.6. The Morgan fingerprint density at radius 3 is 2.31 bits per heavy atom. The van der Waals surface area contributed by atoms with Gasteiger partial charge in [-0.05, 0) is 29.8 Å². The minimum Gasteiger partial charge on any atom is -0.497 e. The van der Waals surface area contributed by atoms with Gasteiger partial charge in [-0.3, -0.25) is 4.90 Å². The molecule has 1 aliphatic rings. The number of carbonyl (C=O) groups excluding carboxylic acids is 2. The molecular weight excluding hydrogens is 410 g/mol. The third-order valence-electron chi connectivity index (χ3n) is 5.23. The summed E-state index contributed by atoms with van der Waals surface area (Å²) in [6.07, 6.45) is -1.79. The average molecular weight is 433 g/mol. The molecule has 32 heavy (non-hydrogen) atoms. The Bertz CT molecular complexity index is 1090. The highest BCUT2D eigenvalue weighted by atomic mass is 16.6. The van der Waals surface area contributed by atoms with Crippen molar-refractivity contribution >= 4 is 17.7 Å². The number of ether oxygens (including phenoxy) is 4. The monoisotopic (exact) mass is 433 g/mol. The molecule has 164 valence electrons. The van der Waals surface area contributed by atoms with Gasteiger partial charge in [0.05, 0.1) is 14.2 Å². The Labute approximate surface area is 186 Å². The van der Waals surface area contributed by atoms with Gasteiger partial charge in [-0.25, -0.2) is 9.59 Å². The number of amides is 1. The fourth-order valence-electron chi connectivity index (χ4n) is 3.68. The number of nitrogens with zero attached hydrogens (tertiary/aromatic N) is 1. The van der Waals surface area contributed by atoms with Gasteiger partial charge in [-0.2, -0.15) is 0 Å². The summed E-state index contributed by atoms with van der Waals surface area (Å²) in [7, 11) is 2.82. The summed E-state index contributed by atoms with van der Waals surface area (Å²) < 4.78 is 21.9. The van der Waals surface area contributed by atoms with E-state index in [1.54, 1.807) is 37.4 Å².